The second-order valence-corrected chi connectivity index (χ2v) is 11.8. The van der Waals surface area contributed by atoms with Gasteiger partial charge in [-0.3, -0.25) is 9.58 Å². The van der Waals surface area contributed by atoms with E-state index in [9.17, 15) is 15.2 Å². The number of benzene rings is 2. The first kappa shape index (κ1) is 27.2. The Morgan fingerprint density at radius 2 is 1.93 bits per heavy atom. The number of hydrogen-bond acceptors (Lipinski definition) is 6. The molecule has 0 radical (unpaired) electrons. The monoisotopic (exact) mass is 595 g/mol. The van der Waals surface area contributed by atoms with Crippen LogP contribution in [0, 0.1) is 23.2 Å². The van der Waals surface area contributed by atoms with Gasteiger partial charge in [0.25, 0.3) is 0 Å². The molecule has 1 atom stereocenters. The first-order valence-corrected chi connectivity index (χ1v) is 14.9. The van der Waals surface area contributed by atoms with E-state index in [0.717, 1.165) is 47.9 Å². The van der Waals surface area contributed by atoms with Crippen molar-refractivity contribution in [3.8, 4) is 23.7 Å². The molecule has 1 saturated heterocycles. The van der Waals surface area contributed by atoms with Gasteiger partial charge in [-0.1, -0.05) is 29.7 Å². The molecule has 1 unspecified atom stereocenters. The summed E-state index contributed by atoms with van der Waals surface area (Å²) in [6.07, 6.45) is 6.09. The van der Waals surface area contributed by atoms with Gasteiger partial charge in [0.1, 0.15) is 29.4 Å². The first-order chi connectivity index (χ1) is 21.0. The minimum Gasteiger partial charge on any atom is -0.497 e. The van der Waals surface area contributed by atoms with Gasteiger partial charge in [0.2, 0.25) is 0 Å². The molecule has 0 spiro atoms. The van der Waals surface area contributed by atoms with Crippen molar-refractivity contribution in [2.75, 3.05) is 19.0 Å². The molecule has 3 heterocycles. The molecule has 2 N–H and O–H groups in total. The summed E-state index contributed by atoms with van der Waals surface area (Å²) in [5.74, 6) is 8.03. The third-order valence-electron chi connectivity index (χ3n) is 8.47. The van der Waals surface area contributed by atoms with E-state index in [1.807, 2.05) is 36.5 Å². The van der Waals surface area contributed by atoms with Crippen molar-refractivity contribution in [3.63, 3.8) is 0 Å². The van der Waals surface area contributed by atoms with Gasteiger partial charge in [-0.15, -0.1) is 0 Å². The maximum atomic E-state index is 12.0. The molecule has 11 heteroatoms. The number of amides is 1. The molecule has 218 valence electrons. The molecule has 1 aliphatic heterocycles. The van der Waals surface area contributed by atoms with Crippen LogP contribution in [0.5, 0.6) is 5.75 Å². The van der Waals surface area contributed by atoms with E-state index >= 15 is 0 Å². The van der Waals surface area contributed by atoms with Gasteiger partial charge < -0.3 is 15.2 Å². The van der Waals surface area contributed by atoms with Crippen LogP contribution in [0.25, 0.3) is 10.9 Å². The van der Waals surface area contributed by atoms with Gasteiger partial charge in [-0.2, -0.15) is 15.5 Å². The van der Waals surface area contributed by atoms with E-state index in [4.69, 9.17) is 26.5 Å². The second kappa shape index (κ2) is 10.9. The lowest BCUT2D eigenvalue weighted by Crippen LogP contribution is -2.33. The van der Waals surface area contributed by atoms with Crippen molar-refractivity contribution in [1.82, 2.24) is 24.5 Å². The van der Waals surface area contributed by atoms with Crippen molar-refractivity contribution in [3.05, 3.63) is 69.5 Å². The fourth-order valence-electron chi connectivity index (χ4n) is 5.96. The van der Waals surface area contributed by atoms with Crippen LogP contribution in [0.3, 0.4) is 0 Å². The van der Waals surface area contributed by atoms with Gasteiger partial charge in [-0.05, 0) is 79.7 Å². The van der Waals surface area contributed by atoms with E-state index in [1.54, 1.807) is 11.8 Å². The Bertz CT molecular complexity index is 1830. The largest absolute Gasteiger partial charge is 0.497 e. The predicted molar refractivity (Wildman–Crippen MR) is 161 cm³/mol. The highest BCUT2D eigenvalue weighted by molar-refractivity contribution is 6.33. The third kappa shape index (κ3) is 5.02. The zero-order chi connectivity index (χ0) is 29.7. The third-order valence-corrected chi connectivity index (χ3v) is 8.76. The summed E-state index contributed by atoms with van der Waals surface area (Å²) < 4.78 is 8.99. The molecule has 4 aromatic rings. The SMILES string of the molecule is COc1ccc(CNc2c(C#N)c(C#Cc3c(Cl)cc(C4CC4)c4c3cnn4C3CC3)nn2C2CCCN2C(=O)O)cc1. The van der Waals surface area contributed by atoms with Gasteiger partial charge in [0.15, 0.2) is 5.69 Å². The Hall–Kier alpha value is -4.67. The van der Waals surface area contributed by atoms with E-state index in [2.05, 4.69) is 27.9 Å². The average molecular weight is 596 g/mol. The van der Waals surface area contributed by atoms with Gasteiger partial charge in [-0.25, -0.2) is 9.48 Å². The summed E-state index contributed by atoms with van der Waals surface area (Å²) in [6.45, 7) is 0.791. The molecule has 43 heavy (non-hydrogen) atoms. The van der Waals surface area contributed by atoms with E-state index < -0.39 is 12.3 Å². The lowest BCUT2D eigenvalue weighted by Gasteiger charge is -2.23. The average Bonchev–Trinajstić information content (AvgIpc) is 3.91. The predicted octanol–water partition coefficient (Wildman–Crippen LogP) is 6.26. The Labute approximate surface area is 253 Å². The Balaban J connectivity index is 1.30. The fourth-order valence-corrected chi connectivity index (χ4v) is 6.22. The van der Waals surface area contributed by atoms with Crippen LogP contribution < -0.4 is 10.1 Å². The van der Waals surface area contributed by atoms with Crippen LogP contribution in [0.2, 0.25) is 5.02 Å². The number of ether oxygens (including phenoxy) is 1. The molecule has 2 aliphatic carbocycles. The van der Waals surface area contributed by atoms with Crippen molar-refractivity contribution in [1.29, 1.82) is 5.26 Å². The molecule has 3 fully saturated rings. The second-order valence-electron chi connectivity index (χ2n) is 11.4. The highest BCUT2D eigenvalue weighted by Gasteiger charge is 2.35. The van der Waals surface area contributed by atoms with Gasteiger partial charge >= 0.3 is 6.09 Å². The number of fused-ring (bicyclic) bond motifs is 1. The quantitative estimate of drug-likeness (QED) is 0.242. The summed E-state index contributed by atoms with van der Waals surface area (Å²) in [6, 6.07) is 12.3. The molecule has 3 aliphatic rings. The van der Waals surface area contributed by atoms with Crippen molar-refractivity contribution in [2.24, 2.45) is 0 Å². The maximum absolute atomic E-state index is 12.0. The van der Waals surface area contributed by atoms with E-state index in [0.29, 0.717) is 54.3 Å². The van der Waals surface area contributed by atoms with Crippen LogP contribution in [0.4, 0.5) is 10.6 Å². The number of carboxylic acid groups (broad SMARTS) is 1. The normalized spacial score (nSPS) is 17.9. The molecule has 2 aromatic heterocycles. The smallest absolute Gasteiger partial charge is 0.409 e. The fraction of sp³-hybridized carbons (Fsp3) is 0.375. The topological polar surface area (TPSA) is 121 Å². The number of halogens is 1. The Kier molecular flexibility index (Phi) is 6.87. The van der Waals surface area contributed by atoms with Crippen LogP contribution in [-0.4, -0.2) is 49.3 Å². The number of rotatable bonds is 7. The molecule has 0 bridgehead atoms. The highest BCUT2D eigenvalue weighted by Crippen LogP contribution is 2.47. The standard InChI is InChI=1S/C32H30ClN7O3/c1-43-22-10-4-19(5-11-22)17-35-31-25(16-34)28(37-40(31)29-3-2-14-38(29)32(41)42)13-12-23-26-18-36-39(21-8-9-21)30(26)24(15-27(23)33)20-6-7-20/h4-5,10-11,15,18,20-21,29,35H,2-3,6-9,14,17H2,1H3,(H,41,42). The highest BCUT2D eigenvalue weighted by atomic mass is 35.5. The summed E-state index contributed by atoms with van der Waals surface area (Å²) in [5.41, 5.74) is 4.49. The zero-order valence-electron chi connectivity index (χ0n) is 23.7. The van der Waals surface area contributed by atoms with Crippen molar-refractivity contribution >= 4 is 34.4 Å². The minimum absolute atomic E-state index is 0.258. The Morgan fingerprint density at radius 3 is 2.60 bits per heavy atom. The van der Waals surface area contributed by atoms with Gasteiger partial charge in [0.05, 0.1) is 35.5 Å². The number of nitrogens with one attached hydrogen (secondary N) is 1. The van der Waals surface area contributed by atoms with Crippen LogP contribution in [-0.2, 0) is 6.54 Å². The summed E-state index contributed by atoms with van der Waals surface area (Å²) in [7, 11) is 1.61. The number of carbonyl (C=O) groups is 1. The van der Waals surface area contributed by atoms with Crippen LogP contribution >= 0.6 is 11.6 Å². The molecule has 1 amide bonds. The van der Waals surface area contributed by atoms with E-state index in [1.165, 1.54) is 10.5 Å². The minimum atomic E-state index is -1.03. The number of aromatic nitrogens is 4. The van der Waals surface area contributed by atoms with Crippen molar-refractivity contribution in [2.45, 2.75) is 63.2 Å². The lowest BCUT2D eigenvalue weighted by molar-refractivity contribution is 0.120. The van der Waals surface area contributed by atoms with Crippen LogP contribution in [0.1, 0.15) is 84.6 Å². The van der Waals surface area contributed by atoms with E-state index in [-0.39, 0.29) is 11.3 Å². The molecule has 2 saturated carbocycles. The summed E-state index contributed by atoms with van der Waals surface area (Å²) in [5, 5.41) is 34.4. The number of likely N-dealkylation sites (tertiary alicyclic amines) is 1. The molecular formula is C32H30ClN7O3. The molecule has 7 rings (SSSR count). The maximum Gasteiger partial charge on any atom is 0.409 e. The number of nitriles is 1. The number of hydrogen-bond donors (Lipinski definition) is 2. The molecular weight excluding hydrogens is 566 g/mol. The van der Waals surface area contributed by atoms with Crippen molar-refractivity contribution < 1.29 is 14.6 Å². The van der Waals surface area contributed by atoms with Gasteiger partial charge in [0, 0.05) is 18.5 Å². The first-order valence-electron chi connectivity index (χ1n) is 14.6. The summed E-state index contributed by atoms with van der Waals surface area (Å²) >= 11 is 6.83. The number of anilines is 1. The molecule has 10 nitrogen and oxygen atoms in total. The number of methoxy groups -OCH3 is 1. The number of nitrogens with zero attached hydrogens (tertiary/aromatic N) is 6. The lowest BCUT2D eigenvalue weighted by atomic mass is 10.0. The molecule has 2 aromatic carbocycles. The Morgan fingerprint density at radius 1 is 1.14 bits per heavy atom. The van der Waals surface area contributed by atoms with Crippen LogP contribution in [0.15, 0.2) is 36.5 Å². The summed E-state index contributed by atoms with van der Waals surface area (Å²) in [4.78, 5) is 13.4. The zero-order valence-corrected chi connectivity index (χ0v) is 24.4.